The summed E-state index contributed by atoms with van der Waals surface area (Å²) in [6.45, 7) is 0.989. The van der Waals surface area contributed by atoms with E-state index >= 15 is 0 Å². The quantitative estimate of drug-likeness (QED) is 0.313. The summed E-state index contributed by atoms with van der Waals surface area (Å²) in [5.74, 6) is -0.812. The Bertz CT molecular complexity index is 379. The fourth-order valence-electron chi connectivity index (χ4n) is 2.21. The molecule has 0 unspecified atom stereocenters. The highest BCUT2D eigenvalue weighted by atomic mass is 16.7. The van der Waals surface area contributed by atoms with Crippen LogP contribution in [0.2, 0.25) is 0 Å². The van der Waals surface area contributed by atoms with Gasteiger partial charge < -0.3 is 35.8 Å². The Kier molecular flexibility index (Phi) is 7.69. The van der Waals surface area contributed by atoms with Gasteiger partial charge in [-0.2, -0.15) is 0 Å². The normalized spacial score (nSPS) is 31.7. The molecule has 2 amide bonds. The van der Waals surface area contributed by atoms with Crippen LogP contribution in [-0.2, 0) is 19.1 Å². The van der Waals surface area contributed by atoms with Gasteiger partial charge in [0.15, 0.2) is 6.29 Å². The van der Waals surface area contributed by atoms with Crippen molar-refractivity contribution >= 4 is 11.8 Å². The van der Waals surface area contributed by atoms with Crippen LogP contribution in [0.4, 0.5) is 0 Å². The number of nitrogens with two attached hydrogens (primary N) is 1. The summed E-state index contributed by atoms with van der Waals surface area (Å²) in [5, 5.41) is 31.5. The van der Waals surface area contributed by atoms with Gasteiger partial charge in [-0.3, -0.25) is 9.59 Å². The number of ether oxygens (including phenoxy) is 2. The van der Waals surface area contributed by atoms with E-state index in [0.717, 1.165) is 0 Å². The molecule has 0 radical (unpaired) electrons. The molecule has 9 heteroatoms. The highest BCUT2D eigenvalue weighted by molar-refractivity contribution is 5.73. The lowest BCUT2D eigenvalue weighted by Crippen LogP contribution is -2.64. The number of rotatable bonds is 8. The molecular formula is C13H24N2O7. The van der Waals surface area contributed by atoms with E-state index in [9.17, 15) is 19.8 Å². The molecule has 1 fully saturated rings. The first-order valence-corrected chi connectivity index (χ1v) is 7.16. The van der Waals surface area contributed by atoms with Gasteiger partial charge in [-0.1, -0.05) is 0 Å². The minimum atomic E-state index is -1.34. The zero-order valence-corrected chi connectivity index (χ0v) is 12.5. The van der Waals surface area contributed by atoms with Gasteiger partial charge in [-0.25, -0.2) is 0 Å². The molecule has 0 bridgehead atoms. The third kappa shape index (κ3) is 5.50. The number of aliphatic hydroxyl groups is 3. The third-order valence-corrected chi connectivity index (χ3v) is 3.35. The van der Waals surface area contributed by atoms with Crippen LogP contribution >= 0.6 is 0 Å². The van der Waals surface area contributed by atoms with Crippen molar-refractivity contribution in [3.8, 4) is 0 Å². The monoisotopic (exact) mass is 320 g/mol. The Morgan fingerprint density at radius 1 is 1.27 bits per heavy atom. The third-order valence-electron chi connectivity index (χ3n) is 3.35. The average Bonchev–Trinajstić information content (AvgIpc) is 2.45. The molecule has 0 aliphatic carbocycles. The molecule has 9 nitrogen and oxygen atoms in total. The molecule has 0 aromatic rings. The van der Waals surface area contributed by atoms with Gasteiger partial charge in [-0.05, 0) is 12.8 Å². The Morgan fingerprint density at radius 3 is 2.50 bits per heavy atom. The van der Waals surface area contributed by atoms with E-state index in [-0.39, 0.29) is 13.0 Å². The second-order valence-corrected chi connectivity index (χ2v) is 5.23. The van der Waals surface area contributed by atoms with Crippen molar-refractivity contribution in [2.24, 2.45) is 5.73 Å². The van der Waals surface area contributed by atoms with E-state index < -0.39 is 49.1 Å². The van der Waals surface area contributed by atoms with Gasteiger partial charge in [0.1, 0.15) is 24.4 Å². The lowest BCUT2D eigenvalue weighted by atomic mass is 9.97. The van der Waals surface area contributed by atoms with Crippen LogP contribution in [0.1, 0.15) is 26.2 Å². The Balaban J connectivity index is 2.57. The topological polar surface area (TPSA) is 151 Å². The van der Waals surface area contributed by atoms with Crippen LogP contribution in [0.15, 0.2) is 0 Å². The van der Waals surface area contributed by atoms with Crippen LogP contribution in [-0.4, -0.2) is 71.0 Å². The van der Waals surface area contributed by atoms with Crippen LogP contribution in [0.3, 0.4) is 0 Å². The van der Waals surface area contributed by atoms with Crippen molar-refractivity contribution in [1.82, 2.24) is 5.32 Å². The smallest absolute Gasteiger partial charge is 0.217 e. The number of hydrogen-bond donors (Lipinski definition) is 5. The second-order valence-electron chi connectivity index (χ2n) is 5.23. The first-order valence-electron chi connectivity index (χ1n) is 7.16. The summed E-state index contributed by atoms with van der Waals surface area (Å²) in [4.78, 5) is 21.8. The summed E-state index contributed by atoms with van der Waals surface area (Å²) in [7, 11) is 0. The number of nitrogens with one attached hydrogen (secondary N) is 1. The van der Waals surface area contributed by atoms with Crippen molar-refractivity contribution in [3.05, 3.63) is 0 Å². The van der Waals surface area contributed by atoms with Crippen LogP contribution in [0.25, 0.3) is 0 Å². The summed E-state index contributed by atoms with van der Waals surface area (Å²) in [6, 6.07) is -0.952. The maximum absolute atomic E-state index is 11.2. The predicted octanol–water partition coefficient (Wildman–Crippen LogP) is -2.40. The van der Waals surface area contributed by atoms with Gasteiger partial charge in [0.2, 0.25) is 11.8 Å². The standard InChI is InChI=1S/C13H24N2O7/c1-7(17)15-10-12(20)11(19)8(6-16)22-13(10)21-5-3-2-4-9(14)18/h8,10-13,16,19-20H,2-6H2,1H3,(H2,14,18)(H,15,17)/t8-,10-,11+,12-,13+/m1/s1. The SMILES string of the molecule is CC(=O)N[C@H]1[C@@H](OCCCCC(N)=O)O[C@H](CO)[C@H](O)[C@@H]1O. The number of primary amides is 1. The Labute approximate surface area is 128 Å². The molecule has 1 aliphatic rings. The molecule has 0 aromatic carbocycles. The highest BCUT2D eigenvalue weighted by Gasteiger charge is 2.45. The van der Waals surface area contributed by atoms with E-state index in [1.54, 1.807) is 0 Å². The molecule has 1 rings (SSSR count). The minimum Gasteiger partial charge on any atom is -0.394 e. The highest BCUT2D eigenvalue weighted by Crippen LogP contribution is 2.22. The first kappa shape index (κ1) is 18.8. The summed E-state index contributed by atoms with van der Waals surface area (Å²) in [6.07, 6.45) is -3.35. The number of carbonyl (C=O) groups is 2. The molecule has 22 heavy (non-hydrogen) atoms. The number of unbranched alkanes of at least 4 members (excludes halogenated alkanes) is 1. The van der Waals surface area contributed by atoms with E-state index in [4.69, 9.17) is 20.3 Å². The molecular weight excluding hydrogens is 296 g/mol. The average molecular weight is 320 g/mol. The minimum absolute atomic E-state index is 0.217. The molecule has 1 aliphatic heterocycles. The van der Waals surface area contributed by atoms with Crippen molar-refractivity contribution < 1.29 is 34.4 Å². The first-order chi connectivity index (χ1) is 10.4. The summed E-state index contributed by atoms with van der Waals surface area (Å²) >= 11 is 0. The Hall–Kier alpha value is -1.26. The molecule has 6 N–H and O–H groups in total. The lowest BCUT2D eigenvalue weighted by Gasteiger charge is -2.42. The van der Waals surface area contributed by atoms with Crippen LogP contribution in [0, 0.1) is 0 Å². The maximum atomic E-state index is 11.2. The van der Waals surface area contributed by atoms with Gasteiger partial charge >= 0.3 is 0 Å². The van der Waals surface area contributed by atoms with E-state index in [1.165, 1.54) is 6.92 Å². The van der Waals surface area contributed by atoms with Gasteiger partial charge in [-0.15, -0.1) is 0 Å². The predicted molar refractivity (Wildman–Crippen MR) is 74.4 cm³/mol. The van der Waals surface area contributed by atoms with E-state index in [0.29, 0.717) is 12.8 Å². The molecule has 128 valence electrons. The molecule has 1 heterocycles. The van der Waals surface area contributed by atoms with Crippen molar-refractivity contribution in [2.45, 2.75) is 56.8 Å². The number of hydrogen-bond acceptors (Lipinski definition) is 7. The molecule has 5 atom stereocenters. The Morgan fingerprint density at radius 2 is 1.95 bits per heavy atom. The van der Waals surface area contributed by atoms with Crippen molar-refractivity contribution in [2.75, 3.05) is 13.2 Å². The summed E-state index contributed by atoms with van der Waals surface area (Å²) in [5.41, 5.74) is 5.02. The lowest BCUT2D eigenvalue weighted by molar-refractivity contribution is -0.270. The summed E-state index contributed by atoms with van der Waals surface area (Å²) < 4.78 is 10.8. The zero-order chi connectivity index (χ0) is 16.7. The van der Waals surface area contributed by atoms with Crippen LogP contribution in [0.5, 0.6) is 0 Å². The largest absolute Gasteiger partial charge is 0.394 e. The zero-order valence-electron chi connectivity index (χ0n) is 12.5. The number of amides is 2. The van der Waals surface area contributed by atoms with Gasteiger partial charge in [0.05, 0.1) is 6.61 Å². The van der Waals surface area contributed by atoms with Gasteiger partial charge in [0.25, 0.3) is 0 Å². The number of carbonyl (C=O) groups excluding carboxylic acids is 2. The van der Waals surface area contributed by atoms with Crippen molar-refractivity contribution in [1.29, 1.82) is 0 Å². The molecule has 0 spiro atoms. The molecule has 1 saturated heterocycles. The maximum Gasteiger partial charge on any atom is 0.217 e. The molecule has 0 aromatic heterocycles. The van der Waals surface area contributed by atoms with E-state index in [2.05, 4.69) is 5.32 Å². The number of aliphatic hydroxyl groups excluding tert-OH is 3. The van der Waals surface area contributed by atoms with Crippen LogP contribution < -0.4 is 11.1 Å². The fraction of sp³-hybridized carbons (Fsp3) is 0.846. The van der Waals surface area contributed by atoms with Crippen molar-refractivity contribution in [3.63, 3.8) is 0 Å². The second kappa shape index (κ2) is 9.01. The fourth-order valence-corrected chi connectivity index (χ4v) is 2.21. The molecule has 0 saturated carbocycles. The van der Waals surface area contributed by atoms with E-state index in [1.807, 2.05) is 0 Å². The van der Waals surface area contributed by atoms with Gasteiger partial charge in [0, 0.05) is 20.0 Å².